The van der Waals surface area contributed by atoms with Gasteiger partial charge in [0.2, 0.25) is 0 Å². The number of phosphoric acid groups is 1. The maximum absolute atomic E-state index is 12.3. The van der Waals surface area contributed by atoms with E-state index in [1.807, 2.05) is 0 Å². The van der Waals surface area contributed by atoms with Gasteiger partial charge in [-0.15, -0.1) is 0 Å². The number of carbonyl (C=O) groups excluding carboxylic acids is 2. The Balaban J connectivity index is 4.11. The van der Waals surface area contributed by atoms with Gasteiger partial charge in [0, 0.05) is 12.8 Å². The molecule has 0 fully saturated rings. The summed E-state index contributed by atoms with van der Waals surface area (Å²) >= 11 is 0. The van der Waals surface area contributed by atoms with Crippen LogP contribution in [0.3, 0.4) is 0 Å². The Morgan fingerprint density at radius 3 is 1.66 bits per heavy atom. The van der Waals surface area contributed by atoms with Gasteiger partial charge in [-0.05, 0) is 70.6 Å². The van der Waals surface area contributed by atoms with Gasteiger partial charge in [0.15, 0.2) is 6.10 Å². The number of carbonyl (C=O) groups is 2. The van der Waals surface area contributed by atoms with Crippen LogP contribution in [0.2, 0.25) is 0 Å². The zero-order valence-corrected chi connectivity index (χ0v) is 28.4. The molecule has 0 aromatic heterocycles. The lowest BCUT2D eigenvalue weighted by Crippen LogP contribution is -2.29. The summed E-state index contributed by atoms with van der Waals surface area (Å²) in [6, 6.07) is 0. The van der Waals surface area contributed by atoms with Crippen LogP contribution in [0.4, 0.5) is 0 Å². The van der Waals surface area contributed by atoms with Crippen molar-refractivity contribution >= 4 is 19.8 Å². The number of ether oxygens (including phenoxy) is 2. The van der Waals surface area contributed by atoms with E-state index in [-0.39, 0.29) is 19.4 Å². The van der Waals surface area contributed by atoms with Gasteiger partial charge in [-0.25, -0.2) is 4.57 Å². The molecule has 0 aliphatic heterocycles. The first-order valence-electron chi connectivity index (χ1n) is 16.9. The lowest BCUT2D eigenvalue weighted by Gasteiger charge is -2.18. The molecule has 44 heavy (non-hydrogen) atoms. The first-order valence-corrected chi connectivity index (χ1v) is 18.5. The summed E-state index contributed by atoms with van der Waals surface area (Å²) in [5, 5.41) is 0. The third-order valence-electron chi connectivity index (χ3n) is 6.82. The lowest BCUT2D eigenvalue weighted by atomic mass is 10.1. The van der Waals surface area contributed by atoms with Crippen molar-refractivity contribution in [2.24, 2.45) is 0 Å². The van der Waals surface area contributed by atoms with E-state index in [1.165, 1.54) is 32.1 Å². The highest BCUT2D eigenvalue weighted by Gasteiger charge is 2.22. The minimum absolute atomic E-state index is 0.191. The molecule has 1 atom stereocenters. The van der Waals surface area contributed by atoms with E-state index < -0.39 is 32.5 Å². The maximum Gasteiger partial charge on any atom is 0.469 e. The van der Waals surface area contributed by atoms with E-state index in [1.54, 1.807) is 0 Å². The molecular weight excluding hydrogens is 579 g/mol. The third kappa shape index (κ3) is 32.9. The smallest absolute Gasteiger partial charge is 0.462 e. The van der Waals surface area contributed by atoms with Gasteiger partial charge in [-0.3, -0.25) is 14.1 Å². The number of rotatable bonds is 30. The molecule has 0 aliphatic carbocycles. The molecule has 0 aromatic carbocycles. The van der Waals surface area contributed by atoms with Crippen LogP contribution in [0.5, 0.6) is 0 Å². The number of hydrogen-bond acceptors (Lipinski definition) is 6. The van der Waals surface area contributed by atoms with Crippen molar-refractivity contribution in [2.45, 2.75) is 148 Å². The third-order valence-corrected chi connectivity index (χ3v) is 7.31. The number of esters is 2. The van der Waals surface area contributed by atoms with Crippen molar-refractivity contribution in [3.8, 4) is 0 Å². The van der Waals surface area contributed by atoms with Gasteiger partial charge < -0.3 is 19.3 Å². The first kappa shape index (κ1) is 42.0. The molecule has 0 saturated heterocycles. The second-order valence-electron chi connectivity index (χ2n) is 11.1. The largest absolute Gasteiger partial charge is 0.469 e. The van der Waals surface area contributed by atoms with E-state index in [4.69, 9.17) is 19.3 Å². The number of hydrogen-bond donors (Lipinski definition) is 2. The highest BCUT2D eigenvalue weighted by atomic mass is 31.2. The predicted molar refractivity (Wildman–Crippen MR) is 179 cm³/mol. The van der Waals surface area contributed by atoms with E-state index in [0.717, 1.165) is 70.6 Å². The molecule has 9 heteroatoms. The lowest BCUT2D eigenvalue weighted by molar-refractivity contribution is -0.161. The molecule has 0 aliphatic rings. The van der Waals surface area contributed by atoms with Gasteiger partial charge >= 0.3 is 19.8 Å². The summed E-state index contributed by atoms with van der Waals surface area (Å²) in [6.45, 7) is 3.54. The predicted octanol–water partition coefficient (Wildman–Crippen LogP) is 9.62. The zero-order valence-electron chi connectivity index (χ0n) is 27.5. The monoisotopic (exact) mass is 640 g/mol. The number of phosphoric ester groups is 1. The van der Waals surface area contributed by atoms with Crippen LogP contribution in [-0.2, 0) is 28.2 Å². The second-order valence-corrected chi connectivity index (χ2v) is 12.4. The normalized spacial score (nSPS) is 13.1. The van der Waals surface area contributed by atoms with Crippen LogP contribution in [0.15, 0.2) is 48.6 Å². The van der Waals surface area contributed by atoms with E-state index in [9.17, 15) is 14.2 Å². The Morgan fingerprint density at radius 2 is 1.05 bits per heavy atom. The molecule has 0 aromatic rings. The highest BCUT2D eigenvalue weighted by molar-refractivity contribution is 7.46. The van der Waals surface area contributed by atoms with Crippen LogP contribution in [0, 0.1) is 0 Å². The van der Waals surface area contributed by atoms with Crippen molar-refractivity contribution in [1.29, 1.82) is 0 Å². The summed E-state index contributed by atoms with van der Waals surface area (Å²) < 4.78 is 26.1. The van der Waals surface area contributed by atoms with Crippen molar-refractivity contribution in [2.75, 3.05) is 13.2 Å². The van der Waals surface area contributed by atoms with Gasteiger partial charge in [0.1, 0.15) is 6.61 Å². The Hall–Kier alpha value is -1.99. The maximum atomic E-state index is 12.3. The minimum atomic E-state index is -4.75. The van der Waals surface area contributed by atoms with E-state index in [2.05, 4.69) is 67.0 Å². The molecule has 2 N–H and O–H groups in total. The Bertz CT molecular complexity index is 859. The fraction of sp³-hybridized carbons (Fsp3) is 0.714. The average molecular weight is 641 g/mol. The molecule has 0 saturated carbocycles. The van der Waals surface area contributed by atoms with Crippen molar-refractivity contribution in [3.05, 3.63) is 48.6 Å². The van der Waals surface area contributed by atoms with Crippen molar-refractivity contribution < 1.29 is 37.9 Å². The number of allylic oxidation sites excluding steroid dienone is 8. The van der Waals surface area contributed by atoms with E-state index >= 15 is 0 Å². The van der Waals surface area contributed by atoms with Crippen LogP contribution in [0.25, 0.3) is 0 Å². The molecule has 0 radical (unpaired) electrons. The van der Waals surface area contributed by atoms with Crippen LogP contribution in [0.1, 0.15) is 142 Å². The second kappa shape index (κ2) is 31.0. The summed E-state index contributed by atoms with van der Waals surface area (Å²) in [7, 11) is -4.75. The fourth-order valence-electron chi connectivity index (χ4n) is 4.24. The quantitative estimate of drug-likeness (QED) is 0.0345. The number of unbranched alkanes of at least 4 members (excludes halogenated alkanes) is 12. The molecule has 0 bridgehead atoms. The zero-order chi connectivity index (χ0) is 32.6. The SMILES string of the molecule is CCCC/C=C/CCCCCCCC(=O)O[C@H](COC(=O)CCCC/C=C/C/C=C/C/C=C/CCCCC)COP(=O)(O)O. The molecule has 0 rings (SSSR count). The van der Waals surface area contributed by atoms with Crippen LogP contribution < -0.4 is 0 Å². The summed E-state index contributed by atoms with van der Waals surface area (Å²) in [4.78, 5) is 42.5. The van der Waals surface area contributed by atoms with Crippen molar-refractivity contribution in [1.82, 2.24) is 0 Å². The Labute approximate surface area is 267 Å². The summed E-state index contributed by atoms with van der Waals surface area (Å²) in [5.74, 6) is -0.947. The summed E-state index contributed by atoms with van der Waals surface area (Å²) in [6.07, 6.45) is 35.5. The standard InChI is InChI=1S/C35H61O8P/c1-3-5-7-9-11-13-15-16-17-18-20-21-23-25-27-29-34(36)41-31-33(32-42-44(38,39)40)43-35(37)30-28-26-24-22-19-14-12-10-8-6-4-2/h10-13,16-17,20-21,33H,3-9,14-15,18-19,22-32H2,1-2H3,(H2,38,39,40)/b12-10+,13-11+,17-16+,21-20+/t33-/m1/s1. The molecule has 0 amide bonds. The summed E-state index contributed by atoms with van der Waals surface area (Å²) in [5.41, 5.74) is 0. The Kier molecular flexibility index (Phi) is 29.6. The molecule has 254 valence electrons. The van der Waals surface area contributed by atoms with Gasteiger partial charge in [-0.1, -0.05) is 107 Å². The fourth-order valence-corrected chi connectivity index (χ4v) is 4.60. The van der Waals surface area contributed by atoms with Crippen LogP contribution in [-0.4, -0.2) is 41.0 Å². The molecule has 0 spiro atoms. The molecule has 0 unspecified atom stereocenters. The van der Waals surface area contributed by atoms with Gasteiger partial charge in [0.05, 0.1) is 6.61 Å². The van der Waals surface area contributed by atoms with Crippen molar-refractivity contribution in [3.63, 3.8) is 0 Å². The van der Waals surface area contributed by atoms with Gasteiger partial charge in [0.25, 0.3) is 0 Å². The molecule has 8 nitrogen and oxygen atoms in total. The topological polar surface area (TPSA) is 119 Å². The average Bonchev–Trinajstić information content (AvgIpc) is 2.98. The highest BCUT2D eigenvalue weighted by Crippen LogP contribution is 2.35. The van der Waals surface area contributed by atoms with Gasteiger partial charge in [-0.2, -0.15) is 0 Å². The Morgan fingerprint density at radius 1 is 0.591 bits per heavy atom. The first-order chi connectivity index (χ1) is 21.3. The minimum Gasteiger partial charge on any atom is -0.462 e. The van der Waals surface area contributed by atoms with E-state index in [0.29, 0.717) is 12.8 Å². The van der Waals surface area contributed by atoms with Crippen LogP contribution >= 0.6 is 7.82 Å². The molecule has 0 heterocycles. The molecular formula is C35H61O8P.